The van der Waals surface area contributed by atoms with E-state index >= 15 is 0 Å². The van der Waals surface area contributed by atoms with E-state index in [0.29, 0.717) is 36.1 Å². The Morgan fingerprint density at radius 2 is 1.89 bits per heavy atom. The number of fused-ring (bicyclic) bond motifs is 6. The third-order valence-electron chi connectivity index (χ3n) is 9.01. The van der Waals surface area contributed by atoms with Crippen molar-refractivity contribution in [1.29, 1.82) is 0 Å². The van der Waals surface area contributed by atoms with Crippen LogP contribution in [0.3, 0.4) is 0 Å². The van der Waals surface area contributed by atoms with Crippen molar-refractivity contribution in [1.82, 2.24) is 0 Å². The lowest BCUT2D eigenvalue weighted by Crippen LogP contribution is -3.20. The van der Waals surface area contributed by atoms with Crippen molar-refractivity contribution in [2.75, 3.05) is 27.3 Å². The van der Waals surface area contributed by atoms with Crippen LogP contribution in [0.2, 0.25) is 0 Å². The number of nitrogens with zero attached hydrogens (tertiary/aromatic N) is 1. The second kappa shape index (κ2) is 7.31. The Kier molecular flexibility index (Phi) is 4.98. The second-order valence-corrected chi connectivity index (χ2v) is 9.93. The summed E-state index contributed by atoms with van der Waals surface area (Å²) in [4.78, 5) is 14.2. The van der Waals surface area contributed by atoms with Crippen LogP contribution in [0.25, 0.3) is 5.32 Å². The molecule has 5 rings (SSSR count). The Balaban J connectivity index is 1.34. The maximum atomic E-state index is 12.4. The molecule has 2 saturated carbocycles. The van der Waals surface area contributed by atoms with Gasteiger partial charge in [0.2, 0.25) is 0 Å². The predicted octanol–water partition coefficient (Wildman–Crippen LogP) is 1.81. The number of quaternary nitrogens is 1. The smallest absolute Gasteiger partial charge is 0.308 e. The van der Waals surface area contributed by atoms with Crippen LogP contribution in [0.5, 0.6) is 0 Å². The zero-order valence-corrected chi connectivity index (χ0v) is 16.9. The Morgan fingerprint density at radius 3 is 2.70 bits per heavy atom. The fourth-order valence-corrected chi connectivity index (χ4v) is 7.77. The molecule has 0 radical (unpaired) electrons. The molecule has 5 aliphatic rings. The highest BCUT2D eigenvalue weighted by atomic mass is 16.5. The van der Waals surface area contributed by atoms with Gasteiger partial charge in [-0.1, -0.05) is 18.4 Å². The topological polar surface area (TPSA) is 54.1 Å². The quantitative estimate of drug-likeness (QED) is 0.748. The van der Waals surface area contributed by atoms with Gasteiger partial charge in [-0.15, -0.1) is 6.04 Å². The van der Waals surface area contributed by atoms with Gasteiger partial charge in [-0.3, -0.25) is 4.79 Å². The summed E-state index contributed by atoms with van der Waals surface area (Å²) in [5.74, 6) is 3.01. The number of methoxy groups -OCH3 is 2. The van der Waals surface area contributed by atoms with Crippen molar-refractivity contribution >= 4 is 5.97 Å². The number of carbonyl (C=O) groups excluding carboxylic acids is 1. The Bertz CT molecular complexity index is 570. The number of piperidine rings is 2. The van der Waals surface area contributed by atoms with E-state index in [1.165, 1.54) is 51.6 Å². The molecule has 5 fully saturated rings. The van der Waals surface area contributed by atoms with Crippen LogP contribution in [0.1, 0.15) is 51.4 Å². The molecule has 10 unspecified atom stereocenters. The van der Waals surface area contributed by atoms with Gasteiger partial charge in [0.25, 0.3) is 0 Å². The lowest BCUT2D eigenvalue weighted by Gasteiger charge is -2.54. The number of hydrogen-bond donors (Lipinski definition) is 1. The molecule has 0 spiro atoms. The molecule has 0 bridgehead atoms. The summed E-state index contributed by atoms with van der Waals surface area (Å²) >= 11 is 0. The Morgan fingerprint density at radius 1 is 1.00 bits per heavy atom. The zero-order chi connectivity index (χ0) is 18.5. The third kappa shape index (κ3) is 3.05. The van der Waals surface area contributed by atoms with Crippen molar-refractivity contribution < 1.29 is 19.2 Å². The van der Waals surface area contributed by atoms with Crippen LogP contribution in [-0.4, -0.2) is 57.5 Å². The Hall–Kier alpha value is -0.650. The molecule has 0 aromatic carbocycles. The third-order valence-corrected chi connectivity index (χ3v) is 9.01. The number of carbonyl (C=O) groups is 1. The normalized spacial score (nSPS) is 51.5. The molecule has 2 aliphatic carbocycles. The fraction of sp³-hybridized carbons (Fsp3) is 0.955. The van der Waals surface area contributed by atoms with Gasteiger partial charge in [-0.2, -0.15) is 0 Å². The SMILES string of the molecule is COC(=O)C1CCCC2C[NH+]3CCC4C5CCC(OC)CC5[N-]C4C3CC21. The van der Waals surface area contributed by atoms with Crippen LogP contribution < -0.4 is 4.90 Å². The van der Waals surface area contributed by atoms with Crippen molar-refractivity contribution in [3.05, 3.63) is 5.32 Å². The summed E-state index contributed by atoms with van der Waals surface area (Å²) in [6.45, 7) is 2.59. The maximum absolute atomic E-state index is 12.4. The number of nitrogens with one attached hydrogen (secondary N) is 1. The molecule has 10 atom stereocenters. The van der Waals surface area contributed by atoms with E-state index in [1.54, 1.807) is 12.0 Å². The van der Waals surface area contributed by atoms with E-state index in [4.69, 9.17) is 14.8 Å². The van der Waals surface area contributed by atoms with E-state index in [2.05, 4.69) is 0 Å². The number of ether oxygens (including phenoxy) is 2. The van der Waals surface area contributed by atoms with Gasteiger partial charge < -0.3 is 19.7 Å². The molecule has 3 heterocycles. The summed E-state index contributed by atoms with van der Waals surface area (Å²) in [5.41, 5.74) is 0. The van der Waals surface area contributed by atoms with Crippen molar-refractivity contribution in [3.63, 3.8) is 0 Å². The van der Waals surface area contributed by atoms with Crippen LogP contribution in [-0.2, 0) is 14.3 Å². The molecule has 5 nitrogen and oxygen atoms in total. The summed E-state index contributed by atoms with van der Waals surface area (Å²) in [7, 11) is 3.42. The molecule has 27 heavy (non-hydrogen) atoms. The number of hydrogen-bond acceptors (Lipinski definition) is 3. The minimum atomic E-state index is 0.0421. The molecular formula is C22H36N2O3. The molecule has 0 amide bonds. The van der Waals surface area contributed by atoms with E-state index in [1.807, 2.05) is 7.11 Å². The second-order valence-electron chi connectivity index (χ2n) is 9.93. The van der Waals surface area contributed by atoms with Crippen molar-refractivity contribution in [3.8, 4) is 0 Å². The van der Waals surface area contributed by atoms with Crippen LogP contribution in [0, 0.1) is 29.6 Å². The minimum absolute atomic E-state index is 0.0421. The average Bonchev–Trinajstić information content (AvgIpc) is 3.09. The first-order valence-corrected chi connectivity index (χ1v) is 11.3. The number of esters is 1. The molecule has 152 valence electrons. The van der Waals surface area contributed by atoms with Crippen molar-refractivity contribution in [2.24, 2.45) is 29.6 Å². The molecular weight excluding hydrogens is 340 g/mol. The van der Waals surface area contributed by atoms with E-state index in [0.717, 1.165) is 24.7 Å². The highest BCUT2D eigenvalue weighted by Gasteiger charge is 2.52. The molecule has 5 heteroatoms. The fourth-order valence-electron chi connectivity index (χ4n) is 7.77. The lowest BCUT2D eigenvalue weighted by atomic mass is 9.64. The molecule has 3 aliphatic heterocycles. The standard InChI is InChI=1S/C22H35N2O3/c1-26-14-6-7-15-16-8-9-24-12-13-4-3-5-17(22(25)27-2)18(13)11-20(24)21(16)23-19(15)10-14/h13-21H,3-12H2,1-2H3/q-1/p+1. The van der Waals surface area contributed by atoms with E-state index in [-0.39, 0.29) is 11.9 Å². The van der Waals surface area contributed by atoms with Gasteiger partial charge in [-0.05, 0) is 50.4 Å². The van der Waals surface area contributed by atoms with Crippen molar-refractivity contribution in [2.45, 2.75) is 75.6 Å². The van der Waals surface area contributed by atoms with Crippen LogP contribution >= 0.6 is 0 Å². The highest BCUT2D eigenvalue weighted by Crippen LogP contribution is 2.50. The maximum Gasteiger partial charge on any atom is 0.308 e. The predicted molar refractivity (Wildman–Crippen MR) is 103 cm³/mol. The first-order chi connectivity index (χ1) is 13.2. The summed E-state index contributed by atoms with van der Waals surface area (Å²) < 4.78 is 10.8. The van der Waals surface area contributed by atoms with E-state index < -0.39 is 0 Å². The van der Waals surface area contributed by atoms with Gasteiger partial charge in [0, 0.05) is 19.4 Å². The highest BCUT2D eigenvalue weighted by molar-refractivity contribution is 5.72. The summed E-state index contributed by atoms with van der Waals surface area (Å²) in [5, 5.41) is 5.43. The molecule has 3 saturated heterocycles. The van der Waals surface area contributed by atoms with Crippen LogP contribution in [0.4, 0.5) is 0 Å². The first-order valence-electron chi connectivity index (χ1n) is 11.3. The van der Waals surface area contributed by atoms with Crippen LogP contribution in [0.15, 0.2) is 0 Å². The van der Waals surface area contributed by atoms with Gasteiger partial charge in [0.05, 0.1) is 38.3 Å². The lowest BCUT2D eigenvalue weighted by molar-refractivity contribution is -0.942. The molecule has 0 aromatic rings. The van der Waals surface area contributed by atoms with Gasteiger partial charge in [0.1, 0.15) is 0 Å². The number of rotatable bonds is 2. The van der Waals surface area contributed by atoms with E-state index in [9.17, 15) is 4.79 Å². The van der Waals surface area contributed by atoms with Gasteiger partial charge in [-0.25, -0.2) is 0 Å². The van der Waals surface area contributed by atoms with Gasteiger partial charge in [0.15, 0.2) is 0 Å². The molecule has 0 aromatic heterocycles. The first kappa shape index (κ1) is 18.4. The largest absolute Gasteiger partial charge is 0.651 e. The zero-order valence-electron chi connectivity index (χ0n) is 16.9. The molecule has 1 N–H and O–H groups in total. The summed E-state index contributed by atoms with van der Waals surface area (Å²) in [6.07, 6.45) is 10.1. The minimum Gasteiger partial charge on any atom is -0.651 e. The summed E-state index contributed by atoms with van der Waals surface area (Å²) in [6, 6.07) is 1.70. The average molecular weight is 377 g/mol. The monoisotopic (exact) mass is 376 g/mol. The van der Waals surface area contributed by atoms with Gasteiger partial charge >= 0.3 is 5.97 Å². The Labute approximate surface area is 163 Å².